The van der Waals surface area contributed by atoms with Crippen molar-refractivity contribution in [3.63, 3.8) is 0 Å². The van der Waals surface area contributed by atoms with Crippen LogP contribution in [0.5, 0.6) is 0 Å². The number of rotatable bonds is 9. The molecule has 1 aromatic rings. The van der Waals surface area contributed by atoms with Gasteiger partial charge in [-0.2, -0.15) is 0 Å². The first-order chi connectivity index (χ1) is 13.8. The molecule has 0 spiro atoms. The zero-order valence-electron chi connectivity index (χ0n) is 17.6. The van der Waals surface area contributed by atoms with E-state index in [1.54, 1.807) is 19.0 Å². The minimum absolute atomic E-state index is 0.0798. The van der Waals surface area contributed by atoms with Crippen molar-refractivity contribution in [1.82, 2.24) is 15.5 Å². The lowest BCUT2D eigenvalue weighted by atomic mass is 10.1. The maximum Gasteiger partial charge on any atom is 0.411 e. The number of hydrogen-bond donors (Lipinski definition) is 2. The molecule has 0 saturated heterocycles. The zero-order chi connectivity index (χ0) is 21.4. The number of hydrogen-bond acceptors (Lipinski definition) is 5. The number of aliphatic imine (C=N–C) groups is 1. The first-order valence-corrected chi connectivity index (χ1v) is 9.65. The van der Waals surface area contributed by atoms with E-state index in [1.807, 2.05) is 31.2 Å². The number of carbonyl (C=O) groups is 2. The molecule has 29 heavy (non-hydrogen) atoms. The summed E-state index contributed by atoms with van der Waals surface area (Å²) in [7, 11) is 3.51. The van der Waals surface area contributed by atoms with Gasteiger partial charge in [-0.05, 0) is 37.5 Å². The van der Waals surface area contributed by atoms with Crippen LogP contribution >= 0.6 is 0 Å². The van der Waals surface area contributed by atoms with Gasteiger partial charge in [-0.25, -0.2) is 4.79 Å². The van der Waals surface area contributed by atoms with Crippen molar-refractivity contribution in [3.8, 4) is 0 Å². The second-order valence-corrected chi connectivity index (χ2v) is 7.14. The lowest BCUT2D eigenvalue weighted by Gasteiger charge is -2.27. The minimum atomic E-state index is -0.550. The summed E-state index contributed by atoms with van der Waals surface area (Å²) in [6.07, 6.45) is 2.63. The summed E-state index contributed by atoms with van der Waals surface area (Å²) < 4.78 is 5.38. The summed E-state index contributed by atoms with van der Waals surface area (Å²) in [6.45, 7) is 7.93. The third-order valence-electron chi connectivity index (χ3n) is 4.89. The van der Waals surface area contributed by atoms with Gasteiger partial charge in [-0.1, -0.05) is 30.3 Å². The molecule has 0 aliphatic carbocycles. The van der Waals surface area contributed by atoms with Crippen LogP contribution in [-0.4, -0.2) is 55.9 Å². The smallest absolute Gasteiger partial charge is 0.411 e. The number of likely N-dealkylation sites (N-methyl/N-ethyl adjacent to an activating group) is 1. The summed E-state index contributed by atoms with van der Waals surface area (Å²) in [6, 6.07) is 7.83. The molecule has 0 bridgehead atoms. The van der Waals surface area contributed by atoms with Gasteiger partial charge in [-0.15, -0.1) is 0 Å². The van der Waals surface area contributed by atoms with E-state index in [0.29, 0.717) is 25.1 Å². The molecule has 7 nitrogen and oxygen atoms in total. The van der Waals surface area contributed by atoms with Gasteiger partial charge in [-0.3, -0.25) is 15.1 Å². The maximum absolute atomic E-state index is 12.2. The van der Waals surface area contributed by atoms with Gasteiger partial charge < -0.3 is 15.0 Å². The van der Waals surface area contributed by atoms with E-state index in [1.165, 1.54) is 6.92 Å². The average Bonchev–Trinajstić information content (AvgIpc) is 3.15. The van der Waals surface area contributed by atoms with E-state index in [9.17, 15) is 9.59 Å². The number of aryl methyl sites for hydroxylation is 1. The third-order valence-corrected chi connectivity index (χ3v) is 4.89. The fourth-order valence-electron chi connectivity index (χ4n) is 2.93. The van der Waals surface area contributed by atoms with E-state index in [4.69, 9.17) is 4.74 Å². The summed E-state index contributed by atoms with van der Waals surface area (Å²) >= 11 is 0. The van der Waals surface area contributed by atoms with Crippen molar-refractivity contribution in [2.24, 2.45) is 4.99 Å². The highest BCUT2D eigenvalue weighted by atomic mass is 16.5. The van der Waals surface area contributed by atoms with Crippen molar-refractivity contribution in [1.29, 1.82) is 0 Å². The lowest BCUT2D eigenvalue weighted by Crippen LogP contribution is -2.40. The standard InChI is InChI=1S/C22H30N4O3/c1-15-7-6-8-18(11-15)21-12-19(13-24-21)25-22(28)29-14-20(26(5)17(3)27)10-9-16(2)23-4/h6-8,11-12,20,23H,2,9-10,13-14H2,1,3-5H3,(H,25,28). The molecule has 0 fully saturated rings. The third kappa shape index (κ3) is 6.78. The van der Waals surface area contributed by atoms with Crippen LogP contribution in [0.15, 0.2) is 53.3 Å². The fraction of sp³-hybridized carbons (Fsp3) is 0.409. The van der Waals surface area contributed by atoms with E-state index in [0.717, 1.165) is 22.5 Å². The van der Waals surface area contributed by atoms with Crippen LogP contribution in [0.1, 0.15) is 30.9 Å². The number of nitrogens with one attached hydrogen (secondary N) is 2. The van der Waals surface area contributed by atoms with Gasteiger partial charge in [0.1, 0.15) is 6.61 Å². The molecular weight excluding hydrogens is 368 g/mol. The van der Waals surface area contributed by atoms with Gasteiger partial charge in [0.2, 0.25) is 5.91 Å². The van der Waals surface area contributed by atoms with Crippen LogP contribution in [0.2, 0.25) is 0 Å². The van der Waals surface area contributed by atoms with Gasteiger partial charge in [0.05, 0.1) is 18.3 Å². The molecule has 1 heterocycles. The minimum Gasteiger partial charge on any atom is -0.447 e. The molecular formula is C22H30N4O3. The second-order valence-electron chi connectivity index (χ2n) is 7.14. The van der Waals surface area contributed by atoms with Crippen molar-refractivity contribution >= 4 is 17.7 Å². The molecule has 2 N–H and O–H groups in total. The van der Waals surface area contributed by atoms with Crippen molar-refractivity contribution < 1.29 is 14.3 Å². The number of nitrogens with zero attached hydrogens (tertiary/aromatic N) is 2. The Morgan fingerprint density at radius 1 is 1.38 bits per heavy atom. The molecule has 1 unspecified atom stereocenters. The SMILES string of the molecule is C=C(CCC(COC(=O)NC1=CC(c2cccc(C)c2)=NC1)N(C)C(C)=O)NC. The molecule has 1 aliphatic heterocycles. The molecule has 0 saturated carbocycles. The first kappa shape index (κ1) is 22.2. The molecule has 1 aromatic carbocycles. The molecule has 0 aromatic heterocycles. The number of alkyl carbamates (subject to hydrolysis) is 1. The highest BCUT2D eigenvalue weighted by Crippen LogP contribution is 2.13. The number of allylic oxidation sites excluding steroid dienone is 2. The largest absolute Gasteiger partial charge is 0.447 e. The molecule has 0 radical (unpaired) electrons. The van der Waals surface area contributed by atoms with E-state index < -0.39 is 6.09 Å². The summed E-state index contributed by atoms with van der Waals surface area (Å²) in [4.78, 5) is 30.0. The monoisotopic (exact) mass is 398 g/mol. The van der Waals surface area contributed by atoms with Crippen LogP contribution in [0.4, 0.5) is 4.79 Å². The Kier molecular flexibility index (Phi) is 8.00. The lowest BCUT2D eigenvalue weighted by molar-refractivity contribution is -0.130. The van der Waals surface area contributed by atoms with Gasteiger partial charge >= 0.3 is 6.09 Å². The predicted molar refractivity (Wildman–Crippen MR) is 115 cm³/mol. The maximum atomic E-state index is 12.2. The Labute approximate surface area is 172 Å². The molecule has 1 aliphatic rings. The second kappa shape index (κ2) is 10.5. The number of amides is 2. The summed E-state index contributed by atoms with van der Waals surface area (Å²) in [5.41, 5.74) is 4.56. The van der Waals surface area contributed by atoms with Crippen LogP contribution in [-0.2, 0) is 9.53 Å². The van der Waals surface area contributed by atoms with Crippen molar-refractivity contribution in [3.05, 3.63) is 59.4 Å². The Bertz CT molecular complexity index is 829. The summed E-state index contributed by atoms with van der Waals surface area (Å²) in [5.74, 6) is -0.0798. The van der Waals surface area contributed by atoms with E-state index in [2.05, 4.69) is 28.3 Å². The fourth-order valence-corrected chi connectivity index (χ4v) is 2.93. The Balaban J connectivity index is 1.89. The first-order valence-electron chi connectivity index (χ1n) is 9.65. The topological polar surface area (TPSA) is 83.0 Å². The molecule has 156 valence electrons. The average molecular weight is 399 g/mol. The predicted octanol–water partition coefficient (Wildman–Crippen LogP) is 2.77. The highest BCUT2D eigenvalue weighted by molar-refractivity contribution is 6.10. The summed E-state index contributed by atoms with van der Waals surface area (Å²) in [5, 5.41) is 5.73. The van der Waals surface area contributed by atoms with Gasteiger partial charge in [0, 0.05) is 32.4 Å². The van der Waals surface area contributed by atoms with E-state index in [-0.39, 0.29) is 18.6 Å². The van der Waals surface area contributed by atoms with E-state index >= 15 is 0 Å². The number of carbonyl (C=O) groups excluding carboxylic acids is 2. The van der Waals surface area contributed by atoms with Crippen LogP contribution < -0.4 is 10.6 Å². The van der Waals surface area contributed by atoms with Crippen LogP contribution in [0.3, 0.4) is 0 Å². The Hall–Kier alpha value is -3.09. The number of ether oxygens (including phenoxy) is 1. The van der Waals surface area contributed by atoms with Gasteiger partial charge in [0.15, 0.2) is 0 Å². The molecule has 7 heteroatoms. The molecule has 2 amide bonds. The highest BCUT2D eigenvalue weighted by Gasteiger charge is 2.20. The van der Waals surface area contributed by atoms with Crippen molar-refractivity contribution in [2.75, 3.05) is 27.2 Å². The van der Waals surface area contributed by atoms with Gasteiger partial charge in [0.25, 0.3) is 0 Å². The number of benzene rings is 1. The Morgan fingerprint density at radius 2 is 2.14 bits per heavy atom. The van der Waals surface area contributed by atoms with Crippen LogP contribution in [0, 0.1) is 6.92 Å². The Morgan fingerprint density at radius 3 is 2.79 bits per heavy atom. The molecule has 1 atom stereocenters. The van der Waals surface area contributed by atoms with Crippen molar-refractivity contribution in [2.45, 2.75) is 32.7 Å². The quantitative estimate of drug-likeness (QED) is 0.670. The molecule has 2 rings (SSSR count). The normalized spacial score (nSPS) is 13.8. The zero-order valence-corrected chi connectivity index (χ0v) is 17.6. The van der Waals surface area contributed by atoms with Crippen LogP contribution in [0.25, 0.3) is 0 Å².